The number of phenolic OH excluding ortho intramolecular Hbond substituents is 1. The summed E-state index contributed by atoms with van der Waals surface area (Å²) in [5, 5.41) is 17.8. The summed E-state index contributed by atoms with van der Waals surface area (Å²) in [5.41, 5.74) is 6.35. The number of rotatable bonds is 21. The fourth-order valence-corrected chi connectivity index (χ4v) is 10.6. The molecule has 4 N–H and O–H groups in total. The number of aromatic nitrogens is 1. The van der Waals surface area contributed by atoms with Crippen molar-refractivity contribution in [3.05, 3.63) is 130 Å². The molecule has 1 aliphatic carbocycles. The number of carbonyl (C=O) groups is 2. The molecule has 1 aromatic heterocycles. The predicted molar refractivity (Wildman–Crippen MR) is 270 cm³/mol. The Balaban J connectivity index is 0.774. The number of nitrogens with one attached hydrogen (secondary N) is 3. The fourth-order valence-electron chi connectivity index (χ4n) is 9.34. The highest BCUT2D eigenvalue weighted by Gasteiger charge is 2.42. The maximum Gasteiger partial charge on any atom is 0.411 e. The van der Waals surface area contributed by atoms with Gasteiger partial charge in [-0.25, -0.2) is 4.79 Å². The lowest BCUT2D eigenvalue weighted by Crippen LogP contribution is -2.44. The zero-order chi connectivity index (χ0) is 47.6. The van der Waals surface area contributed by atoms with Crippen LogP contribution in [0.3, 0.4) is 0 Å². The van der Waals surface area contributed by atoms with Crippen molar-refractivity contribution in [1.29, 1.82) is 0 Å². The third-order valence-electron chi connectivity index (χ3n) is 14.2. The van der Waals surface area contributed by atoms with E-state index in [1.807, 2.05) is 72.5 Å². The van der Waals surface area contributed by atoms with Crippen molar-refractivity contribution < 1.29 is 28.6 Å². The standard InChI is InChI=1S/C54H71N5O7Si/c1-7-59(30-28-55-35-49(66-67(5,6)54(2,3)4)45-21-23-48(60)52-46(45)22-24-50(61)57-52)51(62)27-32-64-31-26-39-19-17-38(18-20-39)25-29-58-36-41-33-43(34-42(41)37-58)65-53(63)56-47-16-12-11-15-44(47)40-13-9-8-10-14-40/h8-24,41-43,49,55,60H,7,25-37H2,1-6H3,(H,56,63)(H,57,61). The third-order valence-corrected chi connectivity index (χ3v) is 18.6. The van der Waals surface area contributed by atoms with Crippen molar-refractivity contribution in [1.82, 2.24) is 20.1 Å². The molecular weight excluding hydrogens is 859 g/mol. The van der Waals surface area contributed by atoms with Gasteiger partial charge in [0.15, 0.2) is 8.32 Å². The van der Waals surface area contributed by atoms with Gasteiger partial charge in [-0.3, -0.25) is 14.9 Å². The number of carbonyl (C=O) groups excluding carboxylic acids is 2. The second-order valence-electron chi connectivity index (χ2n) is 19.8. The van der Waals surface area contributed by atoms with E-state index in [4.69, 9.17) is 13.9 Å². The molecule has 358 valence electrons. The van der Waals surface area contributed by atoms with Crippen molar-refractivity contribution in [2.24, 2.45) is 11.8 Å². The van der Waals surface area contributed by atoms with Crippen molar-refractivity contribution in [3.63, 3.8) is 0 Å². The normalized spacial score (nSPS) is 17.9. The number of benzene rings is 4. The first-order valence-corrected chi connectivity index (χ1v) is 27.1. The maximum atomic E-state index is 13.2. The molecule has 2 amide bonds. The van der Waals surface area contributed by atoms with Gasteiger partial charge in [-0.1, -0.05) is 99.6 Å². The molecule has 1 saturated heterocycles. The number of ether oxygens (including phenoxy) is 2. The molecule has 5 aromatic rings. The van der Waals surface area contributed by atoms with Gasteiger partial charge in [0.05, 0.1) is 36.9 Å². The molecule has 3 atom stereocenters. The number of likely N-dealkylation sites (tertiary alicyclic amines) is 1. The Morgan fingerprint density at radius 2 is 1.57 bits per heavy atom. The Hall–Kier alpha value is -5.31. The third kappa shape index (κ3) is 13.2. The van der Waals surface area contributed by atoms with Crippen LogP contribution in [0.4, 0.5) is 10.5 Å². The van der Waals surface area contributed by atoms with Gasteiger partial charge in [0.1, 0.15) is 11.9 Å². The van der Waals surface area contributed by atoms with Crippen LogP contribution in [0.25, 0.3) is 22.0 Å². The highest BCUT2D eigenvalue weighted by Crippen LogP contribution is 2.42. The van der Waals surface area contributed by atoms with Gasteiger partial charge in [0.25, 0.3) is 0 Å². The number of likely N-dealkylation sites (N-methyl/N-ethyl adjacent to an activating group) is 1. The lowest BCUT2D eigenvalue weighted by atomic mass is 10.0. The minimum atomic E-state index is -2.21. The Labute approximate surface area is 397 Å². The van der Waals surface area contributed by atoms with Crippen molar-refractivity contribution in [2.75, 3.05) is 64.3 Å². The number of hydrogen-bond acceptors (Lipinski definition) is 9. The summed E-state index contributed by atoms with van der Waals surface area (Å²) < 4.78 is 18.8. The lowest BCUT2D eigenvalue weighted by molar-refractivity contribution is -0.132. The second-order valence-corrected chi connectivity index (χ2v) is 24.6. The Kier molecular flexibility index (Phi) is 16.8. The summed E-state index contributed by atoms with van der Waals surface area (Å²) in [5.74, 6) is 1.20. The maximum absolute atomic E-state index is 13.2. The zero-order valence-electron chi connectivity index (χ0n) is 40.3. The number of fused-ring (bicyclic) bond motifs is 2. The quantitative estimate of drug-likeness (QED) is 0.0418. The summed E-state index contributed by atoms with van der Waals surface area (Å²) >= 11 is 0. The van der Waals surface area contributed by atoms with Gasteiger partial charge in [-0.05, 0) is 103 Å². The van der Waals surface area contributed by atoms with E-state index in [0.29, 0.717) is 63.2 Å². The van der Waals surface area contributed by atoms with Crippen LogP contribution in [0.1, 0.15) is 69.8 Å². The number of anilines is 1. The summed E-state index contributed by atoms with van der Waals surface area (Å²) in [4.78, 5) is 45.4. The number of phenols is 1. The Morgan fingerprint density at radius 3 is 2.27 bits per heavy atom. The first-order chi connectivity index (χ1) is 32.2. The molecular formula is C54H71N5O7Si. The monoisotopic (exact) mass is 930 g/mol. The average Bonchev–Trinajstić information content (AvgIpc) is 3.86. The number of aromatic amines is 1. The largest absolute Gasteiger partial charge is 0.506 e. The van der Waals surface area contributed by atoms with E-state index in [0.717, 1.165) is 73.1 Å². The molecule has 0 radical (unpaired) electrons. The van der Waals surface area contributed by atoms with Crippen molar-refractivity contribution in [3.8, 4) is 16.9 Å². The average molecular weight is 930 g/mol. The molecule has 2 heterocycles. The topological polar surface area (TPSA) is 145 Å². The first-order valence-electron chi connectivity index (χ1n) is 24.2. The molecule has 1 aliphatic heterocycles. The van der Waals surface area contributed by atoms with Crippen LogP contribution >= 0.6 is 0 Å². The minimum Gasteiger partial charge on any atom is -0.506 e. The number of para-hydroxylation sites is 1. The van der Waals surface area contributed by atoms with Gasteiger partial charge in [-0.15, -0.1) is 0 Å². The van der Waals surface area contributed by atoms with Gasteiger partial charge in [-0.2, -0.15) is 0 Å². The highest BCUT2D eigenvalue weighted by molar-refractivity contribution is 6.74. The first kappa shape index (κ1) is 49.6. The molecule has 2 aliphatic rings. The molecule has 0 bridgehead atoms. The van der Waals surface area contributed by atoms with E-state index < -0.39 is 8.32 Å². The zero-order valence-corrected chi connectivity index (χ0v) is 41.3. The molecule has 2 fully saturated rings. The molecule has 3 unspecified atom stereocenters. The Morgan fingerprint density at radius 1 is 0.881 bits per heavy atom. The smallest absolute Gasteiger partial charge is 0.411 e. The molecule has 1 saturated carbocycles. The minimum absolute atomic E-state index is 0.0210. The predicted octanol–water partition coefficient (Wildman–Crippen LogP) is 9.55. The van der Waals surface area contributed by atoms with Crippen molar-refractivity contribution in [2.45, 2.75) is 90.1 Å². The number of amides is 2. The summed E-state index contributed by atoms with van der Waals surface area (Å²) in [6.45, 7) is 19.3. The molecule has 13 heteroatoms. The lowest BCUT2D eigenvalue weighted by Gasteiger charge is -2.39. The molecule has 67 heavy (non-hydrogen) atoms. The molecule has 7 rings (SSSR count). The van der Waals surface area contributed by atoms with Crippen LogP contribution in [0.5, 0.6) is 5.75 Å². The van der Waals surface area contributed by atoms with Gasteiger partial charge >= 0.3 is 6.09 Å². The Bertz CT molecular complexity index is 2460. The van der Waals surface area contributed by atoms with Crippen LogP contribution in [0.2, 0.25) is 18.1 Å². The van der Waals surface area contributed by atoms with E-state index in [1.165, 1.54) is 17.2 Å². The molecule has 12 nitrogen and oxygen atoms in total. The van der Waals surface area contributed by atoms with E-state index in [-0.39, 0.29) is 40.6 Å². The van der Waals surface area contributed by atoms with Gasteiger partial charge < -0.3 is 39.1 Å². The number of hydrogen-bond donors (Lipinski definition) is 4. The van der Waals surface area contributed by atoms with Crippen LogP contribution in [-0.2, 0) is 31.5 Å². The van der Waals surface area contributed by atoms with Crippen LogP contribution < -0.4 is 16.2 Å². The van der Waals surface area contributed by atoms with E-state index >= 15 is 0 Å². The van der Waals surface area contributed by atoms with E-state index in [1.54, 1.807) is 12.1 Å². The number of nitrogens with zero attached hydrogens (tertiary/aromatic N) is 2. The van der Waals surface area contributed by atoms with Crippen molar-refractivity contribution >= 4 is 36.9 Å². The highest BCUT2D eigenvalue weighted by atomic mass is 28.4. The summed E-state index contributed by atoms with van der Waals surface area (Å²) in [6, 6.07) is 33.4. The summed E-state index contributed by atoms with van der Waals surface area (Å²) in [6.07, 6.45) is 3.19. The SMILES string of the molecule is CCN(CCNCC(O[Si](C)(C)C(C)(C)C)c1ccc(O)c2[nH]c(=O)ccc12)C(=O)CCOCCc1ccc(CCN2CC3CC(OC(=O)Nc4ccccc4-c4ccccc4)CC3C2)cc1. The van der Waals surface area contributed by atoms with Gasteiger partial charge in [0.2, 0.25) is 11.5 Å². The molecule has 4 aromatic carbocycles. The molecule has 0 spiro atoms. The van der Waals surface area contributed by atoms with E-state index in [9.17, 15) is 19.5 Å². The van der Waals surface area contributed by atoms with Crippen LogP contribution in [0, 0.1) is 11.8 Å². The van der Waals surface area contributed by atoms with E-state index in [2.05, 4.69) is 78.6 Å². The fraction of sp³-hybridized carbons (Fsp3) is 0.463. The number of H-pyrrole nitrogens is 1. The van der Waals surface area contributed by atoms with Crippen LogP contribution in [0.15, 0.2) is 108 Å². The van der Waals surface area contributed by atoms with Crippen LogP contribution in [-0.4, -0.2) is 105 Å². The van der Waals surface area contributed by atoms with Gasteiger partial charge in [0, 0.05) is 62.8 Å². The summed E-state index contributed by atoms with van der Waals surface area (Å²) in [7, 11) is -2.21. The second kappa shape index (κ2) is 22.7. The number of aromatic hydroxyl groups is 1. The number of pyridine rings is 1.